The number of hydrogen-bond acceptors (Lipinski definition) is 3. The van der Waals surface area contributed by atoms with Crippen molar-refractivity contribution in [3.63, 3.8) is 0 Å². The number of anilines is 1. The van der Waals surface area contributed by atoms with E-state index in [4.69, 9.17) is 21.6 Å². The Bertz CT molecular complexity index is 408. The van der Waals surface area contributed by atoms with Gasteiger partial charge in [-0.2, -0.15) is 5.26 Å². The third-order valence-corrected chi connectivity index (χ3v) is 2.95. The summed E-state index contributed by atoms with van der Waals surface area (Å²) < 4.78 is 5.38. The Labute approximate surface area is 100.0 Å². The van der Waals surface area contributed by atoms with Gasteiger partial charge in [-0.3, -0.25) is 0 Å². The van der Waals surface area contributed by atoms with Crippen LogP contribution in [0.25, 0.3) is 0 Å². The number of nitrogens with one attached hydrogen (secondary N) is 1. The highest BCUT2D eigenvalue weighted by Gasteiger charge is 2.13. The highest BCUT2D eigenvalue weighted by atomic mass is 35.5. The van der Waals surface area contributed by atoms with Gasteiger partial charge in [0.2, 0.25) is 0 Å². The molecule has 2 rings (SSSR count). The van der Waals surface area contributed by atoms with E-state index in [0.717, 1.165) is 31.7 Å². The highest BCUT2D eigenvalue weighted by Crippen LogP contribution is 2.21. The second kappa shape index (κ2) is 5.20. The molecule has 1 N–H and O–H groups in total. The van der Waals surface area contributed by atoms with Crippen LogP contribution in [0.5, 0.6) is 0 Å². The van der Waals surface area contributed by atoms with Crippen LogP contribution in [0.15, 0.2) is 18.2 Å². The number of nitrogens with zero attached hydrogens (tertiary/aromatic N) is 1. The van der Waals surface area contributed by atoms with E-state index in [1.807, 2.05) is 6.07 Å². The van der Waals surface area contributed by atoms with Crippen LogP contribution in [0.1, 0.15) is 18.4 Å². The summed E-state index contributed by atoms with van der Waals surface area (Å²) in [6.45, 7) is 1.58. The van der Waals surface area contributed by atoms with Gasteiger partial charge in [-0.1, -0.05) is 11.6 Å². The van der Waals surface area contributed by atoms with E-state index in [-0.39, 0.29) is 0 Å². The fourth-order valence-electron chi connectivity index (χ4n) is 1.79. The first kappa shape index (κ1) is 11.3. The molecule has 0 radical (unpaired) electrons. The van der Waals surface area contributed by atoms with Gasteiger partial charge in [0, 0.05) is 18.3 Å². The standard InChI is InChI=1S/C12H13ClN2O/c13-12-4-3-10(6-9(12)7-14)15-11-2-1-5-16-8-11/h3-4,6,11,15H,1-2,5,8H2. The molecule has 0 aromatic heterocycles. The molecule has 1 unspecified atom stereocenters. The number of ether oxygens (including phenoxy) is 1. The van der Waals surface area contributed by atoms with Crippen molar-refractivity contribution in [2.75, 3.05) is 18.5 Å². The summed E-state index contributed by atoms with van der Waals surface area (Å²) in [6.07, 6.45) is 2.18. The second-order valence-corrected chi connectivity index (χ2v) is 4.27. The summed E-state index contributed by atoms with van der Waals surface area (Å²) in [5.74, 6) is 0. The van der Waals surface area contributed by atoms with Gasteiger partial charge < -0.3 is 10.1 Å². The minimum absolute atomic E-state index is 0.335. The lowest BCUT2D eigenvalue weighted by Crippen LogP contribution is -2.29. The lowest BCUT2D eigenvalue weighted by molar-refractivity contribution is 0.0876. The third-order valence-electron chi connectivity index (χ3n) is 2.62. The number of hydrogen-bond donors (Lipinski definition) is 1. The minimum atomic E-state index is 0.335. The minimum Gasteiger partial charge on any atom is -0.380 e. The molecule has 0 amide bonds. The van der Waals surface area contributed by atoms with E-state index >= 15 is 0 Å². The molecular formula is C12H13ClN2O. The average Bonchev–Trinajstić information content (AvgIpc) is 2.33. The summed E-state index contributed by atoms with van der Waals surface area (Å²) in [4.78, 5) is 0. The van der Waals surface area contributed by atoms with Crippen molar-refractivity contribution in [2.45, 2.75) is 18.9 Å². The predicted molar refractivity (Wildman–Crippen MR) is 63.6 cm³/mol. The van der Waals surface area contributed by atoms with Crippen molar-refractivity contribution in [3.8, 4) is 6.07 Å². The van der Waals surface area contributed by atoms with Crippen LogP contribution in [-0.4, -0.2) is 19.3 Å². The zero-order chi connectivity index (χ0) is 11.4. The van der Waals surface area contributed by atoms with Crippen LogP contribution in [-0.2, 0) is 4.74 Å². The maximum absolute atomic E-state index is 8.86. The summed E-state index contributed by atoms with van der Waals surface area (Å²) >= 11 is 5.86. The van der Waals surface area contributed by atoms with Gasteiger partial charge >= 0.3 is 0 Å². The van der Waals surface area contributed by atoms with Gasteiger partial charge in [-0.25, -0.2) is 0 Å². The first-order chi connectivity index (χ1) is 7.79. The maximum Gasteiger partial charge on any atom is 0.101 e. The molecule has 1 atom stereocenters. The van der Waals surface area contributed by atoms with E-state index in [1.165, 1.54) is 0 Å². The molecule has 16 heavy (non-hydrogen) atoms. The molecule has 1 aliphatic heterocycles. The van der Waals surface area contributed by atoms with Crippen molar-refractivity contribution < 1.29 is 4.74 Å². The molecule has 0 aliphatic carbocycles. The molecule has 1 aromatic rings. The molecule has 0 saturated carbocycles. The molecule has 4 heteroatoms. The third kappa shape index (κ3) is 2.66. The Morgan fingerprint density at radius 3 is 3.06 bits per heavy atom. The van der Waals surface area contributed by atoms with Crippen molar-refractivity contribution in [1.82, 2.24) is 0 Å². The SMILES string of the molecule is N#Cc1cc(NC2CCCOC2)ccc1Cl. The Kier molecular flexibility index (Phi) is 3.66. The van der Waals surface area contributed by atoms with E-state index < -0.39 is 0 Å². The summed E-state index contributed by atoms with van der Waals surface area (Å²) in [7, 11) is 0. The monoisotopic (exact) mass is 236 g/mol. The van der Waals surface area contributed by atoms with E-state index in [2.05, 4.69) is 11.4 Å². The van der Waals surface area contributed by atoms with E-state index in [9.17, 15) is 0 Å². The highest BCUT2D eigenvalue weighted by molar-refractivity contribution is 6.31. The molecule has 1 fully saturated rings. The number of rotatable bonds is 2. The van der Waals surface area contributed by atoms with E-state index in [0.29, 0.717) is 16.6 Å². The van der Waals surface area contributed by atoms with Crippen LogP contribution < -0.4 is 5.32 Å². The van der Waals surface area contributed by atoms with Gasteiger partial charge in [-0.15, -0.1) is 0 Å². The molecule has 1 heterocycles. The van der Waals surface area contributed by atoms with Gasteiger partial charge in [0.25, 0.3) is 0 Å². The van der Waals surface area contributed by atoms with Crippen molar-refractivity contribution in [1.29, 1.82) is 5.26 Å². The number of nitriles is 1. The molecule has 3 nitrogen and oxygen atoms in total. The Morgan fingerprint density at radius 2 is 2.38 bits per heavy atom. The fraction of sp³-hybridized carbons (Fsp3) is 0.417. The molecule has 0 bridgehead atoms. The second-order valence-electron chi connectivity index (χ2n) is 3.86. The summed E-state index contributed by atoms with van der Waals surface area (Å²) in [5.41, 5.74) is 1.43. The molecule has 84 valence electrons. The quantitative estimate of drug-likeness (QED) is 0.859. The lowest BCUT2D eigenvalue weighted by atomic mass is 10.1. The Balaban J connectivity index is 2.06. The first-order valence-electron chi connectivity index (χ1n) is 5.33. The van der Waals surface area contributed by atoms with E-state index in [1.54, 1.807) is 12.1 Å². The molecule has 1 saturated heterocycles. The zero-order valence-electron chi connectivity index (χ0n) is 8.87. The average molecular weight is 237 g/mol. The molecule has 1 aliphatic rings. The maximum atomic E-state index is 8.86. The van der Waals surface area contributed by atoms with Crippen LogP contribution in [0, 0.1) is 11.3 Å². The first-order valence-corrected chi connectivity index (χ1v) is 5.71. The van der Waals surface area contributed by atoms with Crippen molar-refractivity contribution in [2.24, 2.45) is 0 Å². The van der Waals surface area contributed by atoms with Crippen molar-refractivity contribution in [3.05, 3.63) is 28.8 Å². The van der Waals surface area contributed by atoms with Gasteiger partial charge in [0.1, 0.15) is 6.07 Å². The smallest absolute Gasteiger partial charge is 0.101 e. The van der Waals surface area contributed by atoms with Gasteiger partial charge in [-0.05, 0) is 31.0 Å². The predicted octanol–water partition coefficient (Wildman–Crippen LogP) is 2.80. The molecule has 1 aromatic carbocycles. The number of benzene rings is 1. The Morgan fingerprint density at radius 1 is 1.50 bits per heavy atom. The van der Waals surface area contributed by atoms with Gasteiger partial charge in [0.15, 0.2) is 0 Å². The lowest BCUT2D eigenvalue weighted by Gasteiger charge is -2.24. The number of halogens is 1. The summed E-state index contributed by atoms with van der Waals surface area (Å²) in [5, 5.41) is 12.7. The van der Waals surface area contributed by atoms with Crippen LogP contribution in [0.3, 0.4) is 0 Å². The van der Waals surface area contributed by atoms with Crippen LogP contribution in [0.2, 0.25) is 5.02 Å². The normalized spacial score (nSPS) is 20.1. The molecule has 0 spiro atoms. The largest absolute Gasteiger partial charge is 0.380 e. The van der Waals surface area contributed by atoms with Crippen LogP contribution in [0.4, 0.5) is 5.69 Å². The topological polar surface area (TPSA) is 45.0 Å². The Hall–Kier alpha value is -1.24. The summed E-state index contributed by atoms with van der Waals surface area (Å²) in [6, 6.07) is 7.81. The zero-order valence-corrected chi connectivity index (χ0v) is 9.63. The van der Waals surface area contributed by atoms with Crippen molar-refractivity contribution >= 4 is 17.3 Å². The van der Waals surface area contributed by atoms with Gasteiger partial charge in [0.05, 0.1) is 17.2 Å². The fourth-order valence-corrected chi connectivity index (χ4v) is 1.95. The molecular weight excluding hydrogens is 224 g/mol. The van der Waals surface area contributed by atoms with Crippen LogP contribution >= 0.6 is 11.6 Å².